The smallest absolute Gasteiger partial charge is 0.230 e. The van der Waals surface area contributed by atoms with Gasteiger partial charge < -0.3 is 19.1 Å². The van der Waals surface area contributed by atoms with Crippen molar-refractivity contribution in [1.82, 2.24) is 10.2 Å². The van der Waals surface area contributed by atoms with E-state index < -0.39 is 0 Å². The van der Waals surface area contributed by atoms with E-state index in [1.54, 1.807) is 29.8 Å². The highest BCUT2D eigenvalue weighted by Crippen LogP contribution is 2.16. The summed E-state index contributed by atoms with van der Waals surface area (Å²) in [5, 5.41) is 2.93. The van der Waals surface area contributed by atoms with E-state index in [2.05, 4.69) is 10.2 Å². The Morgan fingerprint density at radius 2 is 1.92 bits per heavy atom. The molecule has 0 aliphatic heterocycles. The van der Waals surface area contributed by atoms with Gasteiger partial charge in [0.15, 0.2) is 0 Å². The molecule has 0 bridgehead atoms. The number of amides is 1. The molecule has 0 aliphatic carbocycles. The lowest BCUT2D eigenvalue weighted by Gasteiger charge is -2.06. The van der Waals surface area contributed by atoms with E-state index in [1.165, 1.54) is 0 Å². The Balaban J connectivity index is 1.49. The molecule has 0 aliphatic rings. The normalized spacial score (nSPS) is 11.1. The second kappa shape index (κ2) is 10.5. The third kappa shape index (κ3) is 7.51. The minimum absolute atomic E-state index is 0.0680. The molecule has 2 heterocycles. The zero-order valence-electron chi connectivity index (χ0n) is 14.1. The van der Waals surface area contributed by atoms with Crippen molar-refractivity contribution in [3.8, 4) is 0 Å². The van der Waals surface area contributed by atoms with Gasteiger partial charge in [-0.3, -0.25) is 4.79 Å². The van der Waals surface area contributed by atoms with Crippen molar-refractivity contribution in [3.05, 3.63) is 47.8 Å². The average molecular weight is 369 g/mol. The summed E-state index contributed by atoms with van der Waals surface area (Å²) < 4.78 is 11.0. The predicted octanol–water partition coefficient (Wildman–Crippen LogP) is 3.22. The van der Waals surface area contributed by atoms with E-state index >= 15 is 0 Å². The molecule has 1 N–H and O–H groups in total. The summed E-state index contributed by atoms with van der Waals surface area (Å²) in [7, 11) is 4.04. The van der Waals surface area contributed by atoms with Crippen LogP contribution in [0.25, 0.3) is 0 Å². The first kappa shape index (κ1) is 19.0. The lowest BCUT2D eigenvalue weighted by molar-refractivity contribution is -0.118. The molecular formula is C17H24N2O3S2. The summed E-state index contributed by atoms with van der Waals surface area (Å²) in [6.07, 6.45) is 1.65. The number of carbonyl (C=O) groups is 1. The Labute approximate surface area is 151 Å². The number of hydrogen-bond acceptors (Lipinski definition) is 6. The van der Waals surface area contributed by atoms with Crippen LogP contribution in [0.4, 0.5) is 0 Å². The van der Waals surface area contributed by atoms with Gasteiger partial charge in [0.25, 0.3) is 0 Å². The van der Waals surface area contributed by atoms with Crippen LogP contribution in [-0.4, -0.2) is 43.0 Å². The lowest BCUT2D eigenvalue weighted by Crippen LogP contribution is -2.27. The summed E-state index contributed by atoms with van der Waals surface area (Å²) in [5.74, 6) is 5.82. The van der Waals surface area contributed by atoms with Gasteiger partial charge in [-0.25, -0.2) is 0 Å². The van der Waals surface area contributed by atoms with Crippen molar-refractivity contribution in [1.29, 1.82) is 0 Å². The maximum Gasteiger partial charge on any atom is 0.230 e. The van der Waals surface area contributed by atoms with Crippen LogP contribution in [0.2, 0.25) is 0 Å². The molecule has 24 heavy (non-hydrogen) atoms. The van der Waals surface area contributed by atoms with Crippen LogP contribution in [-0.2, 0) is 22.8 Å². The van der Waals surface area contributed by atoms with Crippen LogP contribution < -0.4 is 5.32 Å². The van der Waals surface area contributed by atoms with Crippen LogP contribution in [0.15, 0.2) is 39.4 Å². The molecule has 2 rings (SSSR count). The van der Waals surface area contributed by atoms with Crippen LogP contribution in [0, 0.1) is 0 Å². The quantitative estimate of drug-likeness (QED) is 0.615. The Bertz CT molecular complexity index is 597. The van der Waals surface area contributed by atoms with Gasteiger partial charge in [-0.15, -0.1) is 11.8 Å². The highest BCUT2D eigenvalue weighted by Gasteiger charge is 2.05. The van der Waals surface area contributed by atoms with Gasteiger partial charge in [-0.1, -0.05) is 0 Å². The van der Waals surface area contributed by atoms with Gasteiger partial charge in [0.1, 0.15) is 17.3 Å². The highest BCUT2D eigenvalue weighted by atomic mass is 32.2. The Hall–Kier alpha value is -1.31. The standard InChI is InChI=1S/C17H24N2O3S2/c1-19(2)10-14-5-6-16(22-14)12-23-9-7-18-17(20)13-24-11-15-4-3-8-21-15/h3-6,8H,7,9-13H2,1-2H3,(H,18,20). The molecule has 7 heteroatoms. The molecule has 132 valence electrons. The number of nitrogens with one attached hydrogen (secondary N) is 1. The monoisotopic (exact) mass is 368 g/mol. The van der Waals surface area contributed by atoms with Crippen LogP contribution in [0.1, 0.15) is 17.3 Å². The summed E-state index contributed by atoms with van der Waals surface area (Å²) in [5.41, 5.74) is 0. The minimum atomic E-state index is 0.0680. The number of thioether (sulfide) groups is 2. The van der Waals surface area contributed by atoms with E-state index in [9.17, 15) is 4.79 Å². The van der Waals surface area contributed by atoms with E-state index in [0.717, 1.165) is 41.1 Å². The molecule has 0 unspecified atom stereocenters. The number of nitrogens with zero attached hydrogens (tertiary/aromatic N) is 1. The maximum absolute atomic E-state index is 11.7. The van der Waals surface area contributed by atoms with Crippen molar-refractivity contribution in [2.45, 2.75) is 18.1 Å². The minimum Gasteiger partial charge on any atom is -0.468 e. The van der Waals surface area contributed by atoms with E-state index in [0.29, 0.717) is 12.3 Å². The molecule has 0 fully saturated rings. The van der Waals surface area contributed by atoms with Crippen molar-refractivity contribution in [2.24, 2.45) is 0 Å². The van der Waals surface area contributed by atoms with Crippen molar-refractivity contribution in [2.75, 3.05) is 32.1 Å². The zero-order valence-corrected chi connectivity index (χ0v) is 15.8. The molecule has 0 atom stereocenters. The average Bonchev–Trinajstić information content (AvgIpc) is 3.18. The molecule has 0 saturated carbocycles. The van der Waals surface area contributed by atoms with Crippen molar-refractivity contribution < 1.29 is 13.6 Å². The van der Waals surface area contributed by atoms with E-state index in [1.807, 2.05) is 38.4 Å². The summed E-state index contributed by atoms with van der Waals surface area (Å²) in [4.78, 5) is 13.8. The van der Waals surface area contributed by atoms with Gasteiger partial charge >= 0.3 is 0 Å². The van der Waals surface area contributed by atoms with Gasteiger partial charge in [0.2, 0.25) is 5.91 Å². The number of carbonyl (C=O) groups excluding carboxylic acids is 1. The number of furan rings is 2. The molecule has 0 spiro atoms. The predicted molar refractivity (Wildman–Crippen MR) is 100 cm³/mol. The van der Waals surface area contributed by atoms with Crippen LogP contribution in [0.3, 0.4) is 0 Å². The van der Waals surface area contributed by atoms with Crippen LogP contribution >= 0.6 is 23.5 Å². The fraction of sp³-hybridized carbons (Fsp3) is 0.471. The molecule has 5 nitrogen and oxygen atoms in total. The van der Waals surface area contributed by atoms with Gasteiger partial charge in [-0.2, -0.15) is 11.8 Å². The SMILES string of the molecule is CN(C)Cc1ccc(CSCCNC(=O)CSCc2ccco2)o1. The second-order valence-electron chi connectivity index (χ2n) is 5.58. The van der Waals surface area contributed by atoms with Crippen molar-refractivity contribution in [3.63, 3.8) is 0 Å². The highest BCUT2D eigenvalue weighted by molar-refractivity contribution is 7.99. The molecule has 2 aromatic rings. The van der Waals surface area contributed by atoms with E-state index in [4.69, 9.17) is 8.83 Å². The third-order valence-electron chi connectivity index (χ3n) is 3.06. The van der Waals surface area contributed by atoms with Crippen molar-refractivity contribution >= 4 is 29.4 Å². The Kier molecular flexibility index (Phi) is 8.35. The van der Waals surface area contributed by atoms with Gasteiger partial charge in [0.05, 0.1) is 30.1 Å². The largest absolute Gasteiger partial charge is 0.468 e. The summed E-state index contributed by atoms with van der Waals surface area (Å²) in [6.45, 7) is 1.49. The first-order chi connectivity index (χ1) is 11.6. The first-order valence-electron chi connectivity index (χ1n) is 7.80. The topological polar surface area (TPSA) is 58.6 Å². The van der Waals surface area contributed by atoms with E-state index in [-0.39, 0.29) is 5.91 Å². The van der Waals surface area contributed by atoms with Crippen LogP contribution in [0.5, 0.6) is 0 Å². The fourth-order valence-corrected chi connectivity index (χ4v) is 3.52. The molecular weight excluding hydrogens is 344 g/mol. The number of rotatable bonds is 11. The number of hydrogen-bond donors (Lipinski definition) is 1. The lowest BCUT2D eigenvalue weighted by atomic mass is 10.4. The molecule has 1 amide bonds. The summed E-state index contributed by atoms with van der Waals surface area (Å²) in [6, 6.07) is 7.82. The molecule has 0 saturated heterocycles. The Morgan fingerprint density at radius 1 is 1.12 bits per heavy atom. The molecule has 0 radical (unpaired) electrons. The van der Waals surface area contributed by atoms with Gasteiger partial charge in [-0.05, 0) is 38.4 Å². The fourth-order valence-electron chi connectivity index (χ4n) is 2.02. The van der Waals surface area contributed by atoms with Gasteiger partial charge in [0, 0.05) is 12.3 Å². The first-order valence-corrected chi connectivity index (χ1v) is 10.1. The summed E-state index contributed by atoms with van der Waals surface area (Å²) >= 11 is 3.31. The maximum atomic E-state index is 11.7. The zero-order chi connectivity index (χ0) is 17.2. The third-order valence-corrected chi connectivity index (χ3v) is 5.00. The Morgan fingerprint density at radius 3 is 2.67 bits per heavy atom. The molecule has 2 aromatic heterocycles. The molecule has 0 aromatic carbocycles. The second-order valence-corrected chi connectivity index (χ2v) is 7.67.